The Morgan fingerprint density at radius 1 is 1.50 bits per heavy atom. The molecule has 20 heavy (non-hydrogen) atoms. The highest BCUT2D eigenvalue weighted by atomic mass is 16.5. The number of hydrogen-bond acceptors (Lipinski definition) is 3. The molecule has 1 amide bonds. The first kappa shape index (κ1) is 16.2. The number of hydrogen-bond donors (Lipinski definition) is 1. The van der Waals surface area contributed by atoms with Crippen LogP contribution in [0, 0.1) is 18.8 Å². The quantitative estimate of drug-likeness (QED) is 0.846. The van der Waals surface area contributed by atoms with Gasteiger partial charge in [0.1, 0.15) is 6.61 Å². The molecular formula is C16H21NO3. The van der Waals surface area contributed by atoms with E-state index in [9.17, 15) is 4.79 Å². The van der Waals surface area contributed by atoms with Crippen LogP contribution in [-0.2, 0) is 4.74 Å². The van der Waals surface area contributed by atoms with E-state index >= 15 is 0 Å². The maximum atomic E-state index is 12.5. The molecule has 1 aromatic rings. The Balaban J connectivity index is 3.09. The van der Waals surface area contributed by atoms with Crippen LogP contribution >= 0.6 is 0 Å². The average Bonchev–Trinajstić information content (AvgIpc) is 2.44. The Kier molecular flexibility index (Phi) is 6.23. The molecule has 1 unspecified atom stereocenters. The largest absolute Gasteiger partial charge is 0.384 e. The van der Waals surface area contributed by atoms with Gasteiger partial charge in [0.2, 0.25) is 0 Å². The number of rotatable bonds is 4. The predicted octanol–water partition coefficient (Wildman–Crippen LogP) is 1.45. The van der Waals surface area contributed by atoms with Gasteiger partial charge in [-0.2, -0.15) is 0 Å². The first-order valence-corrected chi connectivity index (χ1v) is 6.47. The lowest BCUT2D eigenvalue weighted by Crippen LogP contribution is -2.38. The van der Waals surface area contributed by atoms with Crippen molar-refractivity contribution in [2.24, 2.45) is 0 Å². The zero-order chi connectivity index (χ0) is 15.1. The molecule has 0 spiro atoms. The third-order valence-corrected chi connectivity index (χ3v) is 3.10. The number of carbonyl (C=O) groups is 1. The van der Waals surface area contributed by atoms with Gasteiger partial charge in [-0.1, -0.05) is 17.9 Å². The van der Waals surface area contributed by atoms with E-state index in [4.69, 9.17) is 9.84 Å². The number of amides is 1. The molecule has 1 rings (SSSR count). The fourth-order valence-corrected chi connectivity index (χ4v) is 1.83. The third-order valence-electron chi connectivity index (χ3n) is 3.10. The van der Waals surface area contributed by atoms with Gasteiger partial charge in [-0.25, -0.2) is 0 Å². The van der Waals surface area contributed by atoms with Crippen molar-refractivity contribution in [3.05, 3.63) is 34.9 Å². The molecule has 1 aromatic carbocycles. The number of aliphatic hydroxyl groups excluding tert-OH is 1. The van der Waals surface area contributed by atoms with Crippen molar-refractivity contribution in [3.63, 3.8) is 0 Å². The first-order chi connectivity index (χ1) is 9.51. The molecule has 0 saturated carbocycles. The van der Waals surface area contributed by atoms with Crippen molar-refractivity contribution in [3.8, 4) is 11.8 Å². The molecule has 4 nitrogen and oxygen atoms in total. The standard InChI is InChI=1S/C16H21NO3/c1-12-7-8-15(14(10-12)6-5-9-18)16(19)17(3)13(2)11-20-4/h7-8,10,13,18H,9,11H2,1-4H3. The Hall–Kier alpha value is -1.83. The zero-order valence-corrected chi connectivity index (χ0v) is 12.4. The highest BCUT2D eigenvalue weighted by molar-refractivity contribution is 5.96. The van der Waals surface area contributed by atoms with Gasteiger partial charge in [0, 0.05) is 19.7 Å². The van der Waals surface area contributed by atoms with Crippen molar-refractivity contribution in [1.29, 1.82) is 0 Å². The predicted molar refractivity (Wildman–Crippen MR) is 78.6 cm³/mol. The maximum absolute atomic E-state index is 12.5. The SMILES string of the molecule is COCC(C)N(C)C(=O)c1ccc(C)cc1C#CCO. The summed E-state index contributed by atoms with van der Waals surface area (Å²) in [4.78, 5) is 14.1. The lowest BCUT2D eigenvalue weighted by atomic mass is 10.0. The highest BCUT2D eigenvalue weighted by Gasteiger charge is 2.19. The van der Waals surface area contributed by atoms with E-state index in [2.05, 4.69) is 11.8 Å². The van der Waals surface area contributed by atoms with Crippen molar-refractivity contribution in [2.45, 2.75) is 19.9 Å². The van der Waals surface area contributed by atoms with Crippen molar-refractivity contribution in [2.75, 3.05) is 27.4 Å². The summed E-state index contributed by atoms with van der Waals surface area (Å²) in [6, 6.07) is 5.49. The van der Waals surface area contributed by atoms with Crippen LogP contribution in [0.15, 0.2) is 18.2 Å². The number of aliphatic hydroxyl groups is 1. The zero-order valence-electron chi connectivity index (χ0n) is 12.4. The minimum atomic E-state index is -0.225. The van der Waals surface area contributed by atoms with Gasteiger partial charge in [-0.3, -0.25) is 4.79 Å². The second kappa shape index (κ2) is 7.68. The highest BCUT2D eigenvalue weighted by Crippen LogP contribution is 2.14. The van der Waals surface area contributed by atoms with Crippen LogP contribution < -0.4 is 0 Å². The summed E-state index contributed by atoms with van der Waals surface area (Å²) < 4.78 is 5.07. The van der Waals surface area contributed by atoms with Crippen LogP contribution in [-0.4, -0.2) is 49.3 Å². The van der Waals surface area contributed by atoms with Crippen LogP contribution in [0.5, 0.6) is 0 Å². The third kappa shape index (κ3) is 4.09. The molecule has 0 aliphatic heterocycles. The number of carbonyl (C=O) groups excluding carboxylic acids is 1. The van der Waals surface area contributed by atoms with E-state index < -0.39 is 0 Å². The van der Waals surface area contributed by atoms with Gasteiger partial charge in [0.25, 0.3) is 5.91 Å². The van der Waals surface area contributed by atoms with Crippen LogP contribution in [0.2, 0.25) is 0 Å². The van der Waals surface area contributed by atoms with Crippen LogP contribution in [0.4, 0.5) is 0 Å². The molecule has 0 radical (unpaired) electrons. The summed E-state index contributed by atoms with van der Waals surface area (Å²) in [6.07, 6.45) is 0. The molecule has 0 saturated heterocycles. The molecule has 1 N–H and O–H groups in total. The number of nitrogens with zero attached hydrogens (tertiary/aromatic N) is 1. The number of methoxy groups -OCH3 is 1. The lowest BCUT2D eigenvalue weighted by Gasteiger charge is -2.25. The minimum absolute atomic E-state index is 0.0209. The molecular weight excluding hydrogens is 254 g/mol. The monoisotopic (exact) mass is 275 g/mol. The number of aryl methyl sites for hydroxylation is 1. The van der Waals surface area contributed by atoms with Gasteiger partial charge >= 0.3 is 0 Å². The van der Waals surface area contributed by atoms with Gasteiger partial charge in [-0.05, 0) is 31.5 Å². The molecule has 0 fully saturated rings. The summed E-state index contributed by atoms with van der Waals surface area (Å²) in [5, 5.41) is 8.81. The van der Waals surface area contributed by atoms with Crippen molar-refractivity contribution in [1.82, 2.24) is 4.90 Å². The summed E-state index contributed by atoms with van der Waals surface area (Å²) >= 11 is 0. The average molecular weight is 275 g/mol. The second-order valence-electron chi connectivity index (χ2n) is 4.73. The van der Waals surface area contributed by atoms with E-state index in [1.54, 1.807) is 25.1 Å². The molecule has 0 aromatic heterocycles. The van der Waals surface area contributed by atoms with Gasteiger partial charge < -0.3 is 14.7 Å². The molecule has 1 atom stereocenters. The van der Waals surface area contributed by atoms with E-state index in [-0.39, 0.29) is 18.6 Å². The molecule has 0 bridgehead atoms. The maximum Gasteiger partial charge on any atom is 0.255 e. The van der Waals surface area contributed by atoms with Gasteiger partial charge in [-0.15, -0.1) is 0 Å². The fourth-order valence-electron chi connectivity index (χ4n) is 1.83. The number of ether oxygens (including phenoxy) is 1. The van der Waals surface area contributed by atoms with Crippen molar-refractivity contribution >= 4 is 5.91 Å². The first-order valence-electron chi connectivity index (χ1n) is 6.47. The molecule has 4 heteroatoms. The van der Waals surface area contributed by atoms with Gasteiger partial charge in [0.05, 0.1) is 18.2 Å². The smallest absolute Gasteiger partial charge is 0.255 e. The Labute approximate surface area is 120 Å². The fraction of sp³-hybridized carbons (Fsp3) is 0.438. The molecule has 108 valence electrons. The second-order valence-corrected chi connectivity index (χ2v) is 4.73. The van der Waals surface area contributed by atoms with Crippen LogP contribution in [0.1, 0.15) is 28.4 Å². The summed E-state index contributed by atoms with van der Waals surface area (Å²) in [5.41, 5.74) is 2.21. The lowest BCUT2D eigenvalue weighted by molar-refractivity contribution is 0.0633. The Morgan fingerprint density at radius 2 is 2.20 bits per heavy atom. The Bertz CT molecular complexity index is 528. The van der Waals surface area contributed by atoms with E-state index in [0.29, 0.717) is 17.7 Å². The van der Waals surface area contributed by atoms with Crippen molar-refractivity contribution < 1.29 is 14.6 Å². The summed E-state index contributed by atoms with van der Waals surface area (Å²) in [6.45, 7) is 4.12. The van der Waals surface area contributed by atoms with E-state index in [0.717, 1.165) is 5.56 Å². The molecule has 0 aliphatic carbocycles. The Morgan fingerprint density at radius 3 is 2.80 bits per heavy atom. The number of benzene rings is 1. The normalized spacial score (nSPS) is 11.4. The van der Waals surface area contributed by atoms with E-state index in [1.807, 2.05) is 26.0 Å². The molecule has 0 heterocycles. The van der Waals surface area contributed by atoms with E-state index in [1.165, 1.54) is 0 Å². The molecule has 0 aliphatic rings. The summed E-state index contributed by atoms with van der Waals surface area (Å²) in [7, 11) is 3.36. The topological polar surface area (TPSA) is 49.8 Å². The van der Waals surface area contributed by atoms with Gasteiger partial charge in [0.15, 0.2) is 0 Å². The van der Waals surface area contributed by atoms with Crippen LogP contribution in [0.3, 0.4) is 0 Å². The summed E-state index contributed by atoms with van der Waals surface area (Å²) in [5.74, 6) is 5.32. The minimum Gasteiger partial charge on any atom is -0.384 e. The number of likely N-dealkylation sites (N-methyl/N-ethyl adjacent to an activating group) is 1. The van der Waals surface area contributed by atoms with Crippen LogP contribution in [0.25, 0.3) is 0 Å².